The van der Waals surface area contributed by atoms with Crippen LogP contribution in [0.15, 0.2) is 0 Å². The number of thiol groups is 1. The molecule has 0 aliphatic heterocycles. The molecule has 46 heavy (non-hydrogen) atoms. The van der Waals surface area contributed by atoms with Crippen molar-refractivity contribution in [2.75, 3.05) is 0 Å². The predicted octanol–water partition coefficient (Wildman–Crippen LogP) is 16.8. The molecule has 0 fully saturated rings. The summed E-state index contributed by atoms with van der Waals surface area (Å²) in [7, 11) is 0. The van der Waals surface area contributed by atoms with Gasteiger partial charge in [-0.2, -0.15) is 0 Å². The van der Waals surface area contributed by atoms with E-state index in [0.29, 0.717) is 11.8 Å². The number of rotatable bonds is 35. The maximum Gasteiger partial charge on any atom is 0.186 e. The molecule has 278 valence electrons. The van der Waals surface area contributed by atoms with Gasteiger partial charge in [-0.3, -0.25) is 4.79 Å². The van der Waals surface area contributed by atoms with Gasteiger partial charge >= 0.3 is 0 Å². The maximum atomic E-state index is 12.4. The van der Waals surface area contributed by atoms with Gasteiger partial charge in [0.1, 0.15) is 0 Å². The van der Waals surface area contributed by atoms with Crippen LogP contribution in [-0.4, -0.2) is 5.12 Å². The Kier molecular flexibility index (Phi) is 38.0. The molecule has 0 aromatic heterocycles. The molecule has 0 spiro atoms. The first kappa shape index (κ1) is 48.1. The minimum Gasteiger partial charge on any atom is -0.287 e. The molecule has 0 aliphatic rings. The van der Waals surface area contributed by atoms with Gasteiger partial charge in [-0.15, -0.1) is 12.6 Å². The molecule has 0 N–H and O–H groups in total. The van der Waals surface area contributed by atoms with Crippen molar-refractivity contribution in [3.8, 4) is 0 Å². The summed E-state index contributed by atoms with van der Waals surface area (Å²) in [6.45, 7) is 15.6. The lowest BCUT2D eigenvalue weighted by molar-refractivity contribution is -0.113. The first-order valence-corrected chi connectivity index (χ1v) is 21.8. The molecule has 0 radical (unpaired) electrons. The lowest BCUT2D eigenvalue weighted by atomic mass is 9.72. The fourth-order valence-corrected chi connectivity index (χ4v) is 7.26. The van der Waals surface area contributed by atoms with E-state index in [-0.39, 0.29) is 10.5 Å². The molecular formula is C44H90OS. The summed E-state index contributed by atoms with van der Waals surface area (Å²) in [5, 5.41) is 0.135. The van der Waals surface area contributed by atoms with Gasteiger partial charge in [-0.25, -0.2) is 0 Å². The van der Waals surface area contributed by atoms with E-state index in [0.717, 1.165) is 0 Å². The van der Waals surface area contributed by atoms with E-state index >= 15 is 0 Å². The van der Waals surface area contributed by atoms with Gasteiger partial charge in [0.05, 0.1) is 0 Å². The normalized spacial score (nSPS) is 11.9. The van der Waals surface area contributed by atoms with Crippen LogP contribution >= 0.6 is 12.6 Å². The first-order valence-electron chi connectivity index (χ1n) is 21.3. The average molecular weight is 667 g/mol. The minimum absolute atomic E-state index is 0.135. The highest BCUT2D eigenvalue weighted by Gasteiger charge is 2.30. The van der Waals surface area contributed by atoms with Crippen molar-refractivity contribution in [3.05, 3.63) is 0 Å². The van der Waals surface area contributed by atoms with E-state index in [1.165, 1.54) is 212 Å². The van der Waals surface area contributed by atoms with Crippen LogP contribution in [0.2, 0.25) is 0 Å². The van der Waals surface area contributed by atoms with Crippen LogP contribution in [0, 0.1) is 10.8 Å². The molecule has 0 aliphatic carbocycles. The Balaban J connectivity index is 0. The predicted molar refractivity (Wildman–Crippen MR) is 216 cm³/mol. The molecule has 0 heterocycles. The van der Waals surface area contributed by atoms with Crippen molar-refractivity contribution in [3.63, 3.8) is 0 Å². The lowest BCUT2D eigenvalue weighted by Crippen LogP contribution is -2.24. The summed E-state index contributed by atoms with van der Waals surface area (Å²) in [4.78, 5) is 12.4. The quantitative estimate of drug-likeness (QED) is 0.0526. The molecule has 1 nitrogen and oxygen atoms in total. The van der Waals surface area contributed by atoms with Gasteiger partial charge in [0.25, 0.3) is 0 Å². The van der Waals surface area contributed by atoms with Crippen molar-refractivity contribution >= 4 is 17.7 Å². The molecule has 0 saturated heterocycles. The summed E-state index contributed by atoms with van der Waals surface area (Å²) < 4.78 is 0. The van der Waals surface area contributed by atoms with Crippen molar-refractivity contribution in [1.82, 2.24) is 0 Å². The second kappa shape index (κ2) is 36.3. The molecule has 0 amide bonds. The van der Waals surface area contributed by atoms with Gasteiger partial charge in [0.15, 0.2) is 5.12 Å². The standard InChI is InChI=1S/C39H78OS.C5H12/c1-4-7-10-13-16-19-22-25-28-31-34-39(37-38(40)41,35-32-29-26-23-20-17-14-11-8-5-2)36-33-30-27-24-21-18-15-12-9-6-3;1-5(2,3)4/h4-37H2,1-3H3,(H,40,41);1-4H3. The molecule has 0 aromatic rings. The van der Waals surface area contributed by atoms with Gasteiger partial charge in [-0.05, 0) is 30.1 Å². The second-order valence-electron chi connectivity index (χ2n) is 16.9. The fourth-order valence-electron chi connectivity index (χ4n) is 6.92. The monoisotopic (exact) mass is 667 g/mol. The van der Waals surface area contributed by atoms with E-state index in [9.17, 15) is 4.79 Å². The second-order valence-corrected chi connectivity index (χ2v) is 17.4. The first-order chi connectivity index (χ1) is 22.1. The minimum atomic E-state index is 0.135. The molecule has 0 unspecified atom stereocenters. The van der Waals surface area contributed by atoms with E-state index in [1.807, 2.05) is 0 Å². The van der Waals surface area contributed by atoms with Crippen LogP contribution in [0.25, 0.3) is 0 Å². The third-order valence-electron chi connectivity index (χ3n) is 9.71. The van der Waals surface area contributed by atoms with E-state index in [1.54, 1.807) is 0 Å². The van der Waals surface area contributed by atoms with Gasteiger partial charge in [0.2, 0.25) is 0 Å². The molecular weight excluding hydrogens is 577 g/mol. The molecule has 0 aromatic carbocycles. The Morgan fingerprint density at radius 2 is 0.543 bits per heavy atom. The van der Waals surface area contributed by atoms with Gasteiger partial charge in [-0.1, -0.05) is 241 Å². The number of hydrogen-bond donors (Lipinski definition) is 1. The van der Waals surface area contributed by atoms with Crippen molar-refractivity contribution in [1.29, 1.82) is 0 Å². The van der Waals surface area contributed by atoms with E-state index in [4.69, 9.17) is 0 Å². The Labute approximate surface area is 299 Å². The molecule has 0 atom stereocenters. The highest BCUT2D eigenvalue weighted by Crippen LogP contribution is 2.41. The summed E-state index contributed by atoms with van der Waals surface area (Å²) in [5.74, 6) is 0. The molecule has 0 bridgehead atoms. The van der Waals surface area contributed by atoms with Gasteiger partial charge < -0.3 is 0 Å². The topological polar surface area (TPSA) is 17.1 Å². The van der Waals surface area contributed by atoms with Crippen LogP contribution in [0.3, 0.4) is 0 Å². The third kappa shape index (κ3) is 42.0. The third-order valence-corrected chi connectivity index (χ3v) is 9.87. The highest BCUT2D eigenvalue weighted by atomic mass is 32.1. The van der Waals surface area contributed by atoms with Crippen LogP contribution in [0.5, 0.6) is 0 Å². The Hall–Kier alpha value is 0.0200. The number of carbonyl (C=O) groups is 1. The average Bonchev–Trinajstić information content (AvgIpc) is 2.99. The Morgan fingerprint density at radius 3 is 0.717 bits per heavy atom. The Morgan fingerprint density at radius 1 is 0.370 bits per heavy atom. The van der Waals surface area contributed by atoms with Crippen molar-refractivity contribution in [2.24, 2.45) is 10.8 Å². The van der Waals surface area contributed by atoms with Gasteiger partial charge in [0, 0.05) is 6.42 Å². The highest BCUT2D eigenvalue weighted by molar-refractivity contribution is 7.96. The smallest absolute Gasteiger partial charge is 0.186 e. The zero-order valence-electron chi connectivity index (χ0n) is 33.4. The van der Waals surface area contributed by atoms with Crippen LogP contribution in [0.1, 0.15) is 267 Å². The van der Waals surface area contributed by atoms with Crippen LogP contribution in [0.4, 0.5) is 0 Å². The fraction of sp³-hybridized carbons (Fsp3) is 0.977. The maximum absolute atomic E-state index is 12.4. The number of unbranched alkanes of at least 4 members (excludes halogenated alkanes) is 27. The van der Waals surface area contributed by atoms with Crippen molar-refractivity contribution in [2.45, 2.75) is 267 Å². The van der Waals surface area contributed by atoms with E-state index < -0.39 is 0 Å². The summed E-state index contributed by atoms with van der Waals surface area (Å²) in [6, 6.07) is 0. The van der Waals surface area contributed by atoms with Crippen LogP contribution in [-0.2, 0) is 4.79 Å². The largest absolute Gasteiger partial charge is 0.287 e. The van der Waals surface area contributed by atoms with Crippen LogP contribution < -0.4 is 0 Å². The summed E-state index contributed by atoms with van der Waals surface area (Å²) in [5.41, 5.74) is 0.722. The lowest BCUT2D eigenvalue weighted by Gasteiger charge is -2.34. The van der Waals surface area contributed by atoms with E-state index in [2.05, 4.69) is 61.1 Å². The Bertz CT molecular complexity index is 525. The summed E-state index contributed by atoms with van der Waals surface area (Å²) in [6.07, 6.45) is 46.2. The van der Waals surface area contributed by atoms with Crippen molar-refractivity contribution < 1.29 is 4.79 Å². The zero-order valence-corrected chi connectivity index (χ0v) is 34.3. The molecule has 0 saturated carbocycles. The molecule has 2 heteroatoms. The molecule has 0 rings (SSSR count). The zero-order chi connectivity index (χ0) is 34.6. The number of carbonyl (C=O) groups excluding carboxylic acids is 1. The number of hydrogen-bond acceptors (Lipinski definition) is 1. The summed E-state index contributed by atoms with van der Waals surface area (Å²) >= 11 is 4.33. The SMILES string of the molecule is CC(C)(C)C.CCCCCCCCCCCCC(CCCCCCCCCCCC)(CCCCCCCCCCCC)CC(=O)S.